The lowest BCUT2D eigenvalue weighted by molar-refractivity contribution is 0.0726. The van der Waals surface area contributed by atoms with Crippen LogP contribution in [0, 0.1) is 0 Å². The smallest absolute Gasteiger partial charge is 0.265 e. The lowest BCUT2D eigenvalue weighted by Crippen LogP contribution is -2.37. The Hall–Kier alpha value is -2.41. The van der Waals surface area contributed by atoms with Crippen LogP contribution >= 0.6 is 11.3 Å². The molecular formula is C16H16N4O2S. The third-order valence-electron chi connectivity index (χ3n) is 4.04. The number of thiazole rings is 1. The zero-order chi connectivity index (χ0) is 15.6. The highest BCUT2D eigenvalue weighted by Gasteiger charge is 2.31. The van der Waals surface area contributed by atoms with Gasteiger partial charge in [0.15, 0.2) is 10.8 Å². The van der Waals surface area contributed by atoms with E-state index in [1.54, 1.807) is 18.7 Å². The molecule has 0 radical (unpaired) electrons. The molecule has 1 aliphatic heterocycles. The summed E-state index contributed by atoms with van der Waals surface area (Å²) in [4.78, 5) is 19.7. The maximum absolute atomic E-state index is 12.8. The van der Waals surface area contributed by atoms with Gasteiger partial charge in [-0.25, -0.2) is 4.98 Å². The van der Waals surface area contributed by atoms with Crippen LogP contribution in [0.1, 0.15) is 22.5 Å². The van der Waals surface area contributed by atoms with Crippen LogP contribution in [-0.4, -0.2) is 38.2 Å². The van der Waals surface area contributed by atoms with E-state index in [-0.39, 0.29) is 11.9 Å². The predicted octanol–water partition coefficient (Wildman–Crippen LogP) is 2.90. The first-order valence-electron chi connectivity index (χ1n) is 7.59. The standard InChI is InChI=1S/C16H16N4O2S/c21-16(14-10-17-15(23-14)13-5-2-9-22-13)20-8-1-4-12(20)11-19-7-3-6-18-19/h2-3,5-7,9-10,12H,1,4,8,11H2. The SMILES string of the molecule is O=C(c1cnc(-c2ccco2)s1)N1CCCC1Cn1cccn1. The van der Waals surface area contributed by atoms with Crippen molar-refractivity contribution in [3.63, 3.8) is 0 Å². The maximum Gasteiger partial charge on any atom is 0.265 e. The van der Waals surface area contributed by atoms with Crippen LogP contribution in [0.2, 0.25) is 0 Å². The van der Waals surface area contributed by atoms with Gasteiger partial charge in [0.25, 0.3) is 5.91 Å². The molecular weight excluding hydrogens is 312 g/mol. The van der Waals surface area contributed by atoms with Crippen molar-refractivity contribution in [2.45, 2.75) is 25.4 Å². The summed E-state index contributed by atoms with van der Waals surface area (Å²) in [5, 5.41) is 4.98. The second kappa shape index (κ2) is 6.00. The van der Waals surface area contributed by atoms with Crippen LogP contribution in [0.15, 0.2) is 47.5 Å². The van der Waals surface area contributed by atoms with Crippen LogP contribution in [0.5, 0.6) is 0 Å². The van der Waals surface area contributed by atoms with Crippen LogP contribution in [0.25, 0.3) is 10.8 Å². The van der Waals surface area contributed by atoms with Gasteiger partial charge in [-0.15, -0.1) is 11.3 Å². The molecule has 4 heterocycles. The third kappa shape index (κ3) is 2.79. The van der Waals surface area contributed by atoms with E-state index in [9.17, 15) is 4.79 Å². The lowest BCUT2D eigenvalue weighted by Gasteiger charge is -2.24. The highest BCUT2D eigenvalue weighted by molar-refractivity contribution is 7.16. The fourth-order valence-electron chi connectivity index (χ4n) is 2.95. The lowest BCUT2D eigenvalue weighted by atomic mass is 10.2. The zero-order valence-corrected chi connectivity index (χ0v) is 13.3. The van der Waals surface area contributed by atoms with Crippen LogP contribution in [0.3, 0.4) is 0 Å². The average Bonchev–Trinajstić information content (AvgIpc) is 3.33. The van der Waals surface area contributed by atoms with E-state index in [1.807, 2.05) is 34.0 Å². The molecule has 4 rings (SSSR count). The molecule has 118 valence electrons. The van der Waals surface area contributed by atoms with Gasteiger partial charge in [0.05, 0.1) is 25.0 Å². The maximum atomic E-state index is 12.8. The van der Waals surface area contributed by atoms with Crippen molar-refractivity contribution in [1.82, 2.24) is 19.7 Å². The molecule has 23 heavy (non-hydrogen) atoms. The molecule has 3 aromatic heterocycles. The number of hydrogen-bond donors (Lipinski definition) is 0. The van der Waals surface area contributed by atoms with E-state index in [0.717, 1.165) is 30.9 Å². The first-order valence-corrected chi connectivity index (χ1v) is 8.41. The van der Waals surface area contributed by atoms with Crippen molar-refractivity contribution in [2.24, 2.45) is 0 Å². The van der Waals surface area contributed by atoms with Crippen LogP contribution in [-0.2, 0) is 6.54 Å². The van der Waals surface area contributed by atoms with Crippen molar-refractivity contribution in [3.8, 4) is 10.8 Å². The second-order valence-corrected chi connectivity index (χ2v) is 6.56. The fourth-order valence-corrected chi connectivity index (χ4v) is 3.79. The monoisotopic (exact) mass is 328 g/mol. The largest absolute Gasteiger partial charge is 0.462 e. The van der Waals surface area contributed by atoms with E-state index in [4.69, 9.17) is 4.42 Å². The van der Waals surface area contributed by atoms with Gasteiger partial charge in [0.1, 0.15) is 4.88 Å². The molecule has 6 nitrogen and oxygen atoms in total. The summed E-state index contributed by atoms with van der Waals surface area (Å²) in [5.74, 6) is 0.749. The Balaban J connectivity index is 1.51. The number of hydrogen-bond acceptors (Lipinski definition) is 5. The molecule has 1 unspecified atom stereocenters. The molecule has 0 N–H and O–H groups in total. The van der Waals surface area contributed by atoms with E-state index in [1.165, 1.54) is 11.3 Å². The van der Waals surface area contributed by atoms with Gasteiger partial charge in [-0.1, -0.05) is 0 Å². The van der Waals surface area contributed by atoms with Gasteiger partial charge < -0.3 is 9.32 Å². The quantitative estimate of drug-likeness (QED) is 0.739. The second-order valence-electron chi connectivity index (χ2n) is 5.53. The third-order valence-corrected chi connectivity index (χ3v) is 5.04. The van der Waals surface area contributed by atoms with Crippen molar-refractivity contribution >= 4 is 17.2 Å². The van der Waals surface area contributed by atoms with Gasteiger partial charge in [-0.05, 0) is 31.0 Å². The predicted molar refractivity (Wildman–Crippen MR) is 86.1 cm³/mol. The molecule has 1 aliphatic rings. The minimum atomic E-state index is 0.0509. The number of carbonyl (C=O) groups excluding carboxylic acids is 1. The van der Waals surface area contributed by atoms with E-state index < -0.39 is 0 Å². The Morgan fingerprint density at radius 2 is 2.39 bits per heavy atom. The first kappa shape index (κ1) is 14.2. The molecule has 0 saturated carbocycles. The van der Waals surface area contributed by atoms with Gasteiger partial charge >= 0.3 is 0 Å². The number of aromatic nitrogens is 3. The number of rotatable bonds is 4. The summed E-state index contributed by atoms with van der Waals surface area (Å²) in [5.41, 5.74) is 0. The van der Waals surface area contributed by atoms with Crippen LogP contribution < -0.4 is 0 Å². The van der Waals surface area contributed by atoms with Gasteiger partial charge in [0.2, 0.25) is 0 Å². The Bertz CT molecular complexity index is 779. The van der Waals surface area contributed by atoms with Crippen molar-refractivity contribution in [2.75, 3.05) is 6.54 Å². The molecule has 0 spiro atoms. The summed E-state index contributed by atoms with van der Waals surface area (Å²) in [6, 6.07) is 5.76. The Morgan fingerprint density at radius 3 is 3.17 bits per heavy atom. The van der Waals surface area contributed by atoms with E-state index in [2.05, 4.69) is 10.1 Å². The molecule has 7 heteroatoms. The number of carbonyl (C=O) groups is 1. The van der Waals surface area contributed by atoms with E-state index >= 15 is 0 Å². The fraction of sp³-hybridized carbons (Fsp3) is 0.312. The summed E-state index contributed by atoms with van der Waals surface area (Å²) < 4.78 is 7.23. The van der Waals surface area contributed by atoms with Crippen molar-refractivity contribution in [3.05, 3.63) is 47.9 Å². The molecule has 1 amide bonds. The van der Waals surface area contributed by atoms with Crippen molar-refractivity contribution in [1.29, 1.82) is 0 Å². The molecule has 1 saturated heterocycles. The summed E-state index contributed by atoms with van der Waals surface area (Å²) >= 11 is 1.38. The summed E-state index contributed by atoms with van der Waals surface area (Å²) in [6.07, 6.45) is 8.99. The highest BCUT2D eigenvalue weighted by Crippen LogP contribution is 2.28. The molecule has 3 aromatic rings. The molecule has 0 aliphatic carbocycles. The van der Waals surface area contributed by atoms with Gasteiger partial charge in [-0.2, -0.15) is 5.10 Å². The first-order chi connectivity index (χ1) is 11.3. The summed E-state index contributed by atoms with van der Waals surface area (Å²) in [6.45, 7) is 1.53. The highest BCUT2D eigenvalue weighted by atomic mass is 32.1. The number of furan rings is 1. The minimum Gasteiger partial charge on any atom is -0.462 e. The number of likely N-dealkylation sites (tertiary alicyclic amines) is 1. The average molecular weight is 328 g/mol. The van der Waals surface area contributed by atoms with Crippen LogP contribution in [0.4, 0.5) is 0 Å². The zero-order valence-electron chi connectivity index (χ0n) is 12.5. The molecule has 1 fully saturated rings. The van der Waals surface area contributed by atoms with Gasteiger partial charge in [0, 0.05) is 18.9 Å². The number of amides is 1. The van der Waals surface area contributed by atoms with Gasteiger partial charge in [-0.3, -0.25) is 9.48 Å². The Morgan fingerprint density at radius 1 is 1.43 bits per heavy atom. The van der Waals surface area contributed by atoms with E-state index in [0.29, 0.717) is 10.6 Å². The molecule has 1 atom stereocenters. The topological polar surface area (TPSA) is 64.2 Å². The normalized spacial score (nSPS) is 17.7. The summed E-state index contributed by atoms with van der Waals surface area (Å²) in [7, 11) is 0. The molecule has 0 aromatic carbocycles. The number of nitrogens with zero attached hydrogens (tertiary/aromatic N) is 4. The Labute approximate surface area is 137 Å². The molecule has 0 bridgehead atoms. The Kier molecular flexibility index (Phi) is 3.70. The van der Waals surface area contributed by atoms with Crippen molar-refractivity contribution < 1.29 is 9.21 Å². The minimum absolute atomic E-state index is 0.0509.